The van der Waals surface area contributed by atoms with Gasteiger partial charge in [-0.15, -0.1) is 10.2 Å². The van der Waals surface area contributed by atoms with Crippen molar-refractivity contribution in [1.29, 1.82) is 0 Å². The summed E-state index contributed by atoms with van der Waals surface area (Å²) in [5.74, 6) is 0. The molecule has 0 radical (unpaired) electrons. The van der Waals surface area contributed by atoms with Crippen molar-refractivity contribution in [1.82, 2.24) is 10.2 Å². The highest BCUT2D eigenvalue weighted by atomic mass is 32.1. The van der Waals surface area contributed by atoms with Gasteiger partial charge in [-0.3, -0.25) is 0 Å². The average molecular weight is 167 g/mol. The van der Waals surface area contributed by atoms with Crippen molar-refractivity contribution in [3.05, 3.63) is 17.2 Å². The molecule has 0 fully saturated rings. The summed E-state index contributed by atoms with van der Waals surface area (Å²) in [5, 5.41) is 9.30. The van der Waals surface area contributed by atoms with Crippen molar-refractivity contribution < 1.29 is 0 Å². The van der Waals surface area contributed by atoms with Crippen LogP contribution in [0.3, 0.4) is 0 Å². The number of hydrogen-bond donors (Lipinski definition) is 0. The van der Waals surface area contributed by atoms with E-state index in [9.17, 15) is 0 Å². The van der Waals surface area contributed by atoms with Gasteiger partial charge in [-0.1, -0.05) is 17.4 Å². The summed E-state index contributed by atoms with van der Waals surface area (Å²) >= 11 is 1.48. The van der Waals surface area contributed by atoms with Gasteiger partial charge in [0.25, 0.3) is 0 Å². The molecule has 0 atom stereocenters. The molecule has 58 valence electrons. The Bertz CT molecular complexity index is 275. The number of aryl methyl sites for hydroxylation is 1. The number of hydrogen-bond acceptors (Lipinski definition) is 4. The lowest BCUT2D eigenvalue weighted by Gasteiger charge is -1.75. The fourth-order valence-corrected chi connectivity index (χ4v) is 1.07. The van der Waals surface area contributed by atoms with Crippen LogP contribution in [0.2, 0.25) is 0 Å². The number of aliphatic imine (C=N–C) groups is 1. The Morgan fingerprint density at radius 1 is 1.45 bits per heavy atom. The first-order valence-electron chi connectivity index (χ1n) is 3.28. The van der Waals surface area contributed by atoms with Crippen molar-refractivity contribution in [3.63, 3.8) is 0 Å². The van der Waals surface area contributed by atoms with Gasteiger partial charge in [0, 0.05) is 6.21 Å². The Hall–Kier alpha value is -1.03. The van der Waals surface area contributed by atoms with Crippen LogP contribution >= 0.6 is 11.3 Å². The average Bonchev–Trinajstić information content (AvgIpc) is 2.37. The third kappa shape index (κ3) is 2.59. The Kier molecular flexibility index (Phi) is 2.92. The van der Waals surface area contributed by atoms with Crippen LogP contribution in [0.5, 0.6) is 0 Å². The van der Waals surface area contributed by atoms with E-state index in [-0.39, 0.29) is 0 Å². The molecule has 3 nitrogen and oxygen atoms in total. The van der Waals surface area contributed by atoms with Crippen LogP contribution in [0.1, 0.15) is 11.9 Å². The zero-order valence-corrected chi connectivity index (χ0v) is 7.30. The Morgan fingerprint density at radius 2 is 2.27 bits per heavy atom. The molecule has 0 aliphatic carbocycles. The Labute approximate surface area is 69.5 Å². The van der Waals surface area contributed by atoms with Crippen molar-refractivity contribution in [2.45, 2.75) is 13.8 Å². The molecule has 1 aromatic rings. The van der Waals surface area contributed by atoms with Crippen LogP contribution in [-0.4, -0.2) is 16.4 Å². The van der Waals surface area contributed by atoms with Crippen molar-refractivity contribution in [2.24, 2.45) is 4.99 Å². The van der Waals surface area contributed by atoms with E-state index >= 15 is 0 Å². The number of rotatable bonds is 2. The minimum Gasteiger partial charge on any atom is -0.226 e. The molecule has 0 saturated carbocycles. The van der Waals surface area contributed by atoms with Gasteiger partial charge in [0.1, 0.15) is 5.01 Å². The van der Waals surface area contributed by atoms with Crippen LogP contribution in [0.15, 0.2) is 17.1 Å². The molecule has 0 aromatic carbocycles. The highest BCUT2D eigenvalue weighted by molar-refractivity contribution is 7.14. The van der Waals surface area contributed by atoms with Gasteiger partial charge in [0.15, 0.2) is 0 Å². The van der Waals surface area contributed by atoms with Crippen molar-refractivity contribution in [3.8, 4) is 0 Å². The largest absolute Gasteiger partial charge is 0.231 e. The van der Waals surface area contributed by atoms with E-state index in [4.69, 9.17) is 0 Å². The number of allylic oxidation sites excluding steroid dienone is 2. The minimum absolute atomic E-state index is 0.709. The zero-order valence-electron chi connectivity index (χ0n) is 6.48. The Balaban J connectivity index is 2.64. The van der Waals surface area contributed by atoms with Gasteiger partial charge < -0.3 is 0 Å². The number of aromatic nitrogens is 2. The summed E-state index contributed by atoms with van der Waals surface area (Å²) < 4.78 is 0. The molecule has 0 bridgehead atoms. The molecular weight excluding hydrogens is 158 g/mol. The van der Waals surface area contributed by atoms with E-state index in [2.05, 4.69) is 15.2 Å². The SMILES string of the molecule is C/C=C/C=Nc1nnc(C)s1. The molecule has 11 heavy (non-hydrogen) atoms. The van der Waals surface area contributed by atoms with Crippen LogP contribution in [0.25, 0.3) is 0 Å². The molecule has 1 rings (SSSR count). The molecule has 0 spiro atoms. The topological polar surface area (TPSA) is 38.1 Å². The lowest BCUT2D eigenvalue weighted by Crippen LogP contribution is -1.67. The maximum Gasteiger partial charge on any atom is 0.231 e. The minimum atomic E-state index is 0.709. The van der Waals surface area contributed by atoms with Gasteiger partial charge in [-0.2, -0.15) is 0 Å². The standard InChI is InChI=1S/C7H9N3S/c1-3-4-5-8-7-10-9-6(2)11-7/h3-5H,1-2H3/b4-3+,8-5?. The summed E-state index contributed by atoms with van der Waals surface area (Å²) in [6, 6.07) is 0. The summed E-state index contributed by atoms with van der Waals surface area (Å²) in [4.78, 5) is 4.05. The molecule has 1 heterocycles. The first kappa shape index (κ1) is 8.07. The monoisotopic (exact) mass is 167 g/mol. The highest BCUT2D eigenvalue weighted by Crippen LogP contribution is 2.16. The van der Waals surface area contributed by atoms with E-state index in [1.807, 2.05) is 26.0 Å². The van der Waals surface area contributed by atoms with E-state index in [1.54, 1.807) is 6.21 Å². The molecule has 4 heteroatoms. The fourth-order valence-electron chi connectivity index (χ4n) is 0.531. The van der Waals surface area contributed by atoms with Crippen molar-refractivity contribution >= 4 is 22.7 Å². The molecule has 0 aliphatic rings. The van der Waals surface area contributed by atoms with Crippen molar-refractivity contribution in [2.75, 3.05) is 0 Å². The van der Waals surface area contributed by atoms with E-state index in [0.717, 1.165) is 5.01 Å². The molecule has 0 unspecified atom stereocenters. The second-order valence-electron chi connectivity index (χ2n) is 1.91. The smallest absolute Gasteiger partial charge is 0.226 e. The first-order chi connectivity index (χ1) is 5.33. The van der Waals surface area contributed by atoms with E-state index in [0.29, 0.717) is 5.13 Å². The van der Waals surface area contributed by atoms with Gasteiger partial charge >= 0.3 is 0 Å². The molecular formula is C7H9N3S. The second-order valence-corrected chi connectivity index (χ2v) is 3.07. The predicted molar refractivity (Wildman–Crippen MR) is 47.6 cm³/mol. The lowest BCUT2D eigenvalue weighted by atomic mass is 10.6. The number of nitrogens with zero attached hydrogens (tertiary/aromatic N) is 3. The van der Waals surface area contributed by atoms with Gasteiger partial charge in [-0.05, 0) is 19.9 Å². The maximum atomic E-state index is 4.05. The summed E-state index contributed by atoms with van der Waals surface area (Å²) in [6.45, 7) is 3.85. The fraction of sp³-hybridized carbons (Fsp3) is 0.286. The predicted octanol–water partition coefficient (Wildman–Crippen LogP) is 2.12. The summed E-state index contributed by atoms with van der Waals surface area (Å²) in [5.41, 5.74) is 0. The lowest BCUT2D eigenvalue weighted by molar-refractivity contribution is 1.04. The first-order valence-corrected chi connectivity index (χ1v) is 4.10. The summed E-state index contributed by atoms with van der Waals surface area (Å²) in [6.07, 6.45) is 5.48. The zero-order chi connectivity index (χ0) is 8.10. The van der Waals surface area contributed by atoms with Crippen LogP contribution in [-0.2, 0) is 0 Å². The quantitative estimate of drug-likeness (QED) is 0.633. The highest BCUT2D eigenvalue weighted by Gasteiger charge is 1.93. The van der Waals surface area contributed by atoms with Gasteiger partial charge in [-0.25, -0.2) is 4.99 Å². The molecule has 0 amide bonds. The molecule has 0 saturated heterocycles. The molecule has 0 N–H and O–H groups in total. The normalized spacial score (nSPS) is 11.8. The van der Waals surface area contributed by atoms with Crippen LogP contribution in [0, 0.1) is 6.92 Å². The van der Waals surface area contributed by atoms with Gasteiger partial charge in [0.05, 0.1) is 0 Å². The molecule has 0 aliphatic heterocycles. The third-order valence-corrected chi connectivity index (χ3v) is 1.73. The molecule has 1 aromatic heterocycles. The van der Waals surface area contributed by atoms with E-state index < -0.39 is 0 Å². The maximum absolute atomic E-state index is 4.05. The van der Waals surface area contributed by atoms with E-state index in [1.165, 1.54) is 11.3 Å². The summed E-state index contributed by atoms with van der Waals surface area (Å²) in [7, 11) is 0. The van der Waals surface area contributed by atoms with Crippen LogP contribution < -0.4 is 0 Å². The van der Waals surface area contributed by atoms with Crippen LogP contribution in [0.4, 0.5) is 5.13 Å². The second kappa shape index (κ2) is 3.98. The van der Waals surface area contributed by atoms with Gasteiger partial charge in [0.2, 0.25) is 5.13 Å². The Morgan fingerprint density at radius 3 is 2.82 bits per heavy atom. The third-order valence-electron chi connectivity index (χ3n) is 0.979.